The fourth-order valence-corrected chi connectivity index (χ4v) is 4.47. The lowest BCUT2D eigenvalue weighted by Gasteiger charge is -2.08. The zero-order valence-electron chi connectivity index (χ0n) is 20.3. The molecule has 0 amide bonds. The first-order chi connectivity index (χ1) is 15.2. The Morgan fingerprint density at radius 1 is 0.559 bits per heavy atom. The van der Waals surface area contributed by atoms with E-state index in [9.17, 15) is 28.8 Å². The SMILES string of the molecule is C[Si](C)(C)C#C[Si](C)(C)C.O=C(Cl)CCC(=O)Cl.O=C(O)CCC(=O)C#CC(=O)CCC(=O)O. The van der Waals surface area contributed by atoms with Gasteiger partial charge in [0, 0.05) is 25.7 Å². The van der Waals surface area contributed by atoms with Gasteiger partial charge in [-0.2, -0.15) is 0 Å². The molecule has 2 N–H and O–H groups in total. The Balaban J connectivity index is -0.000000458. The molecule has 0 aliphatic heterocycles. The van der Waals surface area contributed by atoms with Crippen molar-refractivity contribution in [2.45, 2.75) is 77.8 Å². The predicted molar refractivity (Wildman–Crippen MR) is 137 cm³/mol. The van der Waals surface area contributed by atoms with Crippen molar-refractivity contribution in [2.75, 3.05) is 0 Å². The van der Waals surface area contributed by atoms with Crippen molar-refractivity contribution >= 4 is 73.3 Å². The largest absolute Gasteiger partial charge is 0.481 e. The Bertz CT molecular complexity index is 798. The van der Waals surface area contributed by atoms with Crippen molar-refractivity contribution in [3.05, 3.63) is 0 Å². The lowest BCUT2D eigenvalue weighted by molar-refractivity contribution is -0.138. The molecule has 190 valence electrons. The molecule has 8 nitrogen and oxygen atoms in total. The zero-order valence-corrected chi connectivity index (χ0v) is 23.9. The standard InChI is InChI=1S/C10H10O6.C8H18Si2.C4H4Cl2O2/c11-7(3-5-9(13)14)1-2-8(12)4-6-10(15)16;1-9(2,3)7-8-10(4,5)6;5-3(7)1-2-4(6)8/h3-6H2,(H,13,14)(H,15,16);1-6H3;1-2H2. The molecule has 0 aromatic heterocycles. The van der Waals surface area contributed by atoms with Crippen molar-refractivity contribution < 1.29 is 39.0 Å². The maximum Gasteiger partial charge on any atom is 0.303 e. The van der Waals surface area contributed by atoms with Gasteiger partial charge < -0.3 is 10.2 Å². The van der Waals surface area contributed by atoms with Crippen LogP contribution in [0.5, 0.6) is 0 Å². The average molecular weight is 552 g/mol. The van der Waals surface area contributed by atoms with E-state index in [1.165, 1.54) is 0 Å². The molecule has 0 radical (unpaired) electrons. The summed E-state index contributed by atoms with van der Waals surface area (Å²) in [6.45, 7) is 13.8. The van der Waals surface area contributed by atoms with Crippen LogP contribution >= 0.6 is 23.2 Å². The molecule has 34 heavy (non-hydrogen) atoms. The van der Waals surface area contributed by atoms with Crippen LogP contribution in [0.25, 0.3) is 0 Å². The van der Waals surface area contributed by atoms with E-state index in [0.29, 0.717) is 0 Å². The number of carbonyl (C=O) groups is 6. The Hall–Kier alpha value is -2.25. The molecular formula is C22H32Cl2O8Si2. The minimum atomic E-state index is -1.12. The van der Waals surface area contributed by atoms with Crippen LogP contribution in [-0.2, 0) is 28.8 Å². The Morgan fingerprint density at radius 3 is 1.00 bits per heavy atom. The summed E-state index contributed by atoms with van der Waals surface area (Å²) in [4.78, 5) is 61.7. The lowest BCUT2D eigenvalue weighted by atomic mass is 10.2. The number of rotatable bonds is 9. The number of Topliss-reactive ketones (excluding diaryl/α,β-unsaturated/α-hetero) is 2. The minimum Gasteiger partial charge on any atom is -0.481 e. The van der Waals surface area contributed by atoms with Gasteiger partial charge in [-0.15, -0.1) is 11.1 Å². The molecule has 0 bridgehead atoms. The number of halogens is 2. The summed E-state index contributed by atoms with van der Waals surface area (Å²) in [6, 6.07) is 0. The topological polar surface area (TPSA) is 143 Å². The van der Waals surface area contributed by atoms with Crippen molar-refractivity contribution in [1.82, 2.24) is 0 Å². The summed E-state index contributed by atoms with van der Waals surface area (Å²) >= 11 is 9.74. The van der Waals surface area contributed by atoms with Gasteiger partial charge in [-0.3, -0.25) is 28.8 Å². The number of hydrogen-bond donors (Lipinski definition) is 2. The van der Waals surface area contributed by atoms with Crippen LogP contribution < -0.4 is 0 Å². The van der Waals surface area contributed by atoms with E-state index in [1.54, 1.807) is 0 Å². The summed E-state index contributed by atoms with van der Waals surface area (Å²) < 4.78 is 0. The summed E-state index contributed by atoms with van der Waals surface area (Å²) in [7, 11) is -2.19. The number of carboxylic acid groups (broad SMARTS) is 2. The highest BCUT2D eigenvalue weighted by atomic mass is 35.5. The van der Waals surface area contributed by atoms with E-state index in [1.807, 2.05) is 11.8 Å². The predicted octanol–water partition coefficient (Wildman–Crippen LogP) is 3.90. The molecule has 0 aromatic rings. The Morgan fingerprint density at radius 2 is 0.824 bits per heavy atom. The summed E-state index contributed by atoms with van der Waals surface area (Å²) in [5.41, 5.74) is 6.82. The molecule has 12 heteroatoms. The second kappa shape index (κ2) is 19.1. The number of carboxylic acids is 2. The van der Waals surface area contributed by atoms with Gasteiger partial charge in [-0.1, -0.05) is 39.3 Å². The van der Waals surface area contributed by atoms with Crippen LogP contribution in [0, 0.1) is 22.9 Å². The monoisotopic (exact) mass is 550 g/mol. The number of ketones is 2. The van der Waals surface area contributed by atoms with E-state index >= 15 is 0 Å². The zero-order chi connectivity index (χ0) is 27.5. The van der Waals surface area contributed by atoms with E-state index in [-0.39, 0.29) is 38.5 Å². The highest BCUT2D eigenvalue weighted by Gasteiger charge is 2.12. The molecule has 0 unspecified atom stereocenters. The van der Waals surface area contributed by atoms with Gasteiger partial charge >= 0.3 is 11.9 Å². The molecule has 0 heterocycles. The highest BCUT2D eigenvalue weighted by molar-refractivity contribution is 6.89. The summed E-state index contributed by atoms with van der Waals surface area (Å²) in [5.74, 6) is 0.403. The molecule has 0 aliphatic rings. The van der Waals surface area contributed by atoms with Crippen molar-refractivity contribution in [2.24, 2.45) is 0 Å². The van der Waals surface area contributed by atoms with E-state index in [2.05, 4.69) is 50.4 Å². The quantitative estimate of drug-likeness (QED) is 0.190. The number of hydrogen-bond acceptors (Lipinski definition) is 6. The third kappa shape index (κ3) is 40.1. The fourth-order valence-electron chi connectivity index (χ4n) is 1.28. The van der Waals surface area contributed by atoms with E-state index in [0.717, 1.165) is 0 Å². The first-order valence-electron chi connectivity index (χ1n) is 10.2. The van der Waals surface area contributed by atoms with Crippen LogP contribution in [0.15, 0.2) is 0 Å². The maximum atomic E-state index is 10.9. The molecule has 0 aliphatic carbocycles. The minimum absolute atomic E-state index is 0.0316. The molecular weight excluding hydrogens is 519 g/mol. The van der Waals surface area contributed by atoms with Gasteiger partial charge in [0.25, 0.3) is 0 Å². The first kappa shape index (κ1) is 36.3. The lowest BCUT2D eigenvalue weighted by Crippen LogP contribution is -2.22. The van der Waals surface area contributed by atoms with Crippen LogP contribution in [0.3, 0.4) is 0 Å². The van der Waals surface area contributed by atoms with Crippen molar-refractivity contribution in [1.29, 1.82) is 0 Å². The molecule has 0 atom stereocenters. The van der Waals surface area contributed by atoms with Crippen LogP contribution in [0.2, 0.25) is 39.3 Å². The third-order valence-electron chi connectivity index (χ3n) is 2.80. The van der Waals surface area contributed by atoms with Crippen molar-refractivity contribution in [3.63, 3.8) is 0 Å². The van der Waals surface area contributed by atoms with Gasteiger partial charge in [0.05, 0.1) is 12.8 Å². The highest BCUT2D eigenvalue weighted by Crippen LogP contribution is 2.01. The molecule has 0 saturated carbocycles. The van der Waals surface area contributed by atoms with Gasteiger partial charge in [0.15, 0.2) is 0 Å². The van der Waals surface area contributed by atoms with Crippen molar-refractivity contribution in [3.8, 4) is 22.9 Å². The molecule has 0 fully saturated rings. The third-order valence-corrected chi connectivity index (χ3v) is 5.18. The van der Waals surface area contributed by atoms with Crippen LogP contribution in [-0.4, -0.2) is 60.4 Å². The molecule has 0 spiro atoms. The molecule has 0 saturated heterocycles. The van der Waals surface area contributed by atoms with E-state index < -0.39 is 50.1 Å². The maximum absolute atomic E-state index is 10.9. The van der Waals surface area contributed by atoms with Gasteiger partial charge in [0.2, 0.25) is 22.1 Å². The van der Waals surface area contributed by atoms with Gasteiger partial charge in [-0.25, -0.2) is 0 Å². The van der Waals surface area contributed by atoms with E-state index in [4.69, 9.17) is 33.4 Å². The second-order valence-corrected chi connectivity index (χ2v) is 19.2. The Labute approximate surface area is 212 Å². The number of aliphatic carboxylic acids is 2. The van der Waals surface area contributed by atoms with Gasteiger partial charge in [-0.05, 0) is 35.0 Å². The first-order valence-corrected chi connectivity index (χ1v) is 17.9. The van der Waals surface area contributed by atoms with Crippen LogP contribution in [0.4, 0.5) is 0 Å². The normalized spacial score (nSPS) is 9.76. The summed E-state index contributed by atoms with van der Waals surface area (Å²) in [5, 5.41) is 15.4. The second-order valence-electron chi connectivity index (χ2n) is 8.84. The summed E-state index contributed by atoms with van der Waals surface area (Å²) in [6.07, 6.45) is -1.12. The van der Waals surface area contributed by atoms with Crippen LogP contribution in [0.1, 0.15) is 38.5 Å². The smallest absolute Gasteiger partial charge is 0.303 e. The molecule has 0 rings (SSSR count). The fraction of sp³-hybridized carbons (Fsp3) is 0.545. The number of carbonyl (C=O) groups excluding carboxylic acids is 4. The molecule has 0 aromatic carbocycles. The Kier molecular flexibility index (Phi) is 20.4. The van der Waals surface area contributed by atoms with Gasteiger partial charge in [0.1, 0.15) is 16.1 Å². The average Bonchev–Trinajstić information content (AvgIpc) is 2.66.